The first-order valence-electron chi connectivity index (χ1n) is 7.63. The third-order valence-corrected chi connectivity index (χ3v) is 5.52. The molecule has 0 saturated carbocycles. The van der Waals surface area contributed by atoms with Crippen LogP contribution in [-0.4, -0.2) is 29.1 Å². The molecule has 3 rings (SSSR count). The zero-order valence-electron chi connectivity index (χ0n) is 13.6. The fourth-order valence-electron chi connectivity index (χ4n) is 2.71. The molecule has 126 valence electrons. The minimum absolute atomic E-state index is 0.347. The lowest BCUT2D eigenvalue weighted by atomic mass is 10.1. The van der Waals surface area contributed by atoms with E-state index in [9.17, 15) is 12.8 Å². The predicted octanol–water partition coefficient (Wildman–Crippen LogP) is 3.25. The highest BCUT2D eigenvalue weighted by Gasteiger charge is 2.27. The number of anilines is 2. The van der Waals surface area contributed by atoms with Crippen LogP contribution in [0.1, 0.15) is 11.1 Å². The number of nitrogens with zero attached hydrogens (tertiary/aromatic N) is 2. The molecule has 2 aromatic rings. The summed E-state index contributed by atoms with van der Waals surface area (Å²) >= 11 is 0. The monoisotopic (exact) mass is 346 g/mol. The van der Waals surface area contributed by atoms with Gasteiger partial charge in [0, 0.05) is 26.3 Å². The van der Waals surface area contributed by atoms with Crippen LogP contribution in [0.25, 0.3) is 6.08 Å². The second-order valence-corrected chi connectivity index (χ2v) is 7.67. The molecule has 0 unspecified atom stereocenters. The Bertz CT molecular complexity index is 874. The van der Waals surface area contributed by atoms with E-state index >= 15 is 0 Å². The lowest BCUT2D eigenvalue weighted by molar-refractivity contribution is 0.601. The van der Waals surface area contributed by atoms with Gasteiger partial charge in [-0.2, -0.15) is 0 Å². The molecule has 0 fully saturated rings. The van der Waals surface area contributed by atoms with Crippen LogP contribution >= 0.6 is 0 Å². The van der Waals surface area contributed by atoms with Crippen LogP contribution in [-0.2, 0) is 16.4 Å². The minimum Gasteiger partial charge on any atom is -0.378 e. The van der Waals surface area contributed by atoms with Crippen molar-refractivity contribution in [3.8, 4) is 0 Å². The highest BCUT2D eigenvalue weighted by atomic mass is 32.2. The molecule has 6 heteroatoms. The van der Waals surface area contributed by atoms with Gasteiger partial charge in [0.25, 0.3) is 10.0 Å². The summed E-state index contributed by atoms with van der Waals surface area (Å²) in [5, 5.41) is 1.18. The molecular weight excluding hydrogens is 327 g/mol. The maximum absolute atomic E-state index is 12.9. The molecule has 0 amide bonds. The van der Waals surface area contributed by atoms with Crippen LogP contribution in [0.2, 0.25) is 0 Å². The number of halogens is 1. The van der Waals surface area contributed by atoms with Crippen molar-refractivity contribution in [2.45, 2.75) is 6.42 Å². The molecule has 0 saturated heterocycles. The first kappa shape index (κ1) is 16.5. The molecule has 0 N–H and O–H groups in total. The van der Waals surface area contributed by atoms with Gasteiger partial charge in [0.2, 0.25) is 0 Å². The summed E-state index contributed by atoms with van der Waals surface area (Å²) in [5.41, 5.74) is 3.45. The number of hydrogen-bond acceptors (Lipinski definition) is 3. The van der Waals surface area contributed by atoms with Gasteiger partial charge in [0.05, 0.1) is 11.1 Å². The summed E-state index contributed by atoms with van der Waals surface area (Å²) in [6.45, 7) is 0.433. The molecule has 1 aliphatic rings. The Morgan fingerprint density at radius 2 is 1.83 bits per heavy atom. The Balaban J connectivity index is 1.86. The van der Waals surface area contributed by atoms with E-state index in [1.165, 1.54) is 27.9 Å². The molecule has 24 heavy (non-hydrogen) atoms. The van der Waals surface area contributed by atoms with Gasteiger partial charge in [0.15, 0.2) is 0 Å². The van der Waals surface area contributed by atoms with Gasteiger partial charge >= 0.3 is 0 Å². The topological polar surface area (TPSA) is 40.6 Å². The first-order valence-corrected chi connectivity index (χ1v) is 9.14. The van der Waals surface area contributed by atoms with Crippen molar-refractivity contribution >= 4 is 27.5 Å². The molecule has 2 aromatic carbocycles. The van der Waals surface area contributed by atoms with E-state index in [0.29, 0.717) is 18.5 Å². The lowest BCUT2D eigenvalue weighted by Crippen LogP contribution is -2.26. The third-order valence-electron chi connectivity index (χ3n) is 4.04. The van der Waals surface area contributed by atoms with Crippen LogP contribution in [0, 0.1) is 5.82 Å². The number of benzene rings is 2. The molecule has 1 heterocycles. The largest absolute Gasteiger partial charge is 0.378 e. The molecule has 0 aromatic heterocycles. The molecule has 1 aliphatic heterocycles. The number of rotatable bonds is 4. The molecular formula is C18H19FN2O2S. The van der Waals surface area contributed by atoms with E-state index in [-0.39, 0.29) is 5.82 Å². The van der Waals surface area contributed by atoms with Crippen LogP contribution < -0.4 is 9.21 Å². The summed E-state index contributed by atoms with van der Waals surface area (Å²) in [6.07, 6.45) is 2.18. The van der Waals surface area contributed by atoms with Crippen molar-refractivity contribution in [1.82, 2.24) is 0 Å². The van der Waals surface area contributed by atoms with Crippen molar-refractivity contribution in [1.29, 1.82) is 0 Å². The highest BCUT2D eigenvalue weighted by Crippen LogP contribution is 2.33. The summed E-state index contributed by atoms with van der Waals surface area (Å²) < 4.78 is 39.5. The Labute approximate surface area is 141 Å². The predicted molar refractivity (Wildman–Crippen MR) is 96.2 cm³/mol. The summed E-state index contributed by atoms with van der Waals surface area (Å²) in [7, 11) is 0.341. The Hall–Kier alpha value is -2.34. The number of fused-ring (bicyclic) bond motifs is 1. The SMILES string of the molecule is CN(C)c1ccc2c(c1)CCN2S(=O)(=O)/C=C/c1ccc(F)cc1. The van der Waals surface area contributed by atoms with Gasteiger partial charge in [-0.3, -0.25) is 4.31 Å². The number of hydrogen-bond donors (Lipinski definition) is 0. The van der Waals surface area contributed by atoms with Crippen LogP contribution in [0.5, 0.6) is 0 Å². The Kier molecular flexibility index (Phi) is 4.32. The molecule has 0 atom stereocenters. The lowest BCUT2D eigenvalue weighted by Gasteiger charge is -2.18. The van der Waals surface area contributed by atoms with Gasteiger partial charge in [-0.05, 0) is 54.0 Å². The zero-order chi connectivity index (χ0) is 17.3. The average molecular weight is 346 g/mol. The summed E-state index contributed by atoms with van der Waals surface area (Å²) in [6, 6.07) is 11.5. The average Bonchev–Trinajstić information content (AvgIpc) is 2.98. The van der Waals surface area contributed by atoms with Crippen molar-refractivity contribution in [3.05, 3.63) is 64.8 Å². The summed E-state index contributed by atoms with van der Waals surface area (Å²) in [4.78, 5) is 1.99. The van der Waals surface area contributed by atoms with Crippen molar-refractivity contribution in [3.63, 3.8) is 0 Å². The van der Waals surface area contributed by atoms with E-state index in [0.717, 1.165) is 16.9 Å². The van der Waals surface area contributed by atoms with E-state index < -0.39 is 10.0 Å². The van der Waals surface area contributed by atoms with Crippen LogP contribution in [0.4, 0.5) is 15.8 Å². The normalized spacial score (nSPS) is 14.2. The van der Waals surface area contributed by atoms with Crippen molar-refractivity contribution in [2.75, 3.05) is 29.8 Å². The van der Waals surface area contributed by atoms with Gasteiger partial charge in [0.1, 0.15) is 5.82 Å². The zero-order valence-corrected chi connectivity index (χ0v) is 14.4. The molecule has 0 radical (unpaired) electrons. The second-order valence-electron chi connectivity index (χ2n) is 5.93. The molecule has 0 bridgehead atoms. The first-order chi connectivity index (χ1) is 11.4. The fraction of sp³-hybridized carbons (Fsp3) is 0.222. The fourth-order valence-corrected chi connectivity index (χ4v) is 3.99. The van der Waals surface area contributed by atoms with Crippen LogP contribution in [0.3, 0.4) is 0 Å². The summed E-state index contributed by atoms with van der Waals surface area (Å²) in [5.74, 6) is -0.347. The standard InChI is InChI=1S/C18H19FN2O2S/c1-20(2)17-7-8-18-15(13-17)9-11-21(18)24(22,23)12-10-14-3-5-16(19)6-4-14/h3-8,10,12-13H,9,11H2,1-2H3/b12-10+. The van der Waals surface area contributed by atoms with Gasteiger partial charge in [-0.25, -0.2) is 12.8 Å². The molecule has 4 nitrogen and oxygen atoms in total. The smallest absolute Gasteiger partial charge is 0.257 e. The third kappa shape index (κ3) is 3.28. The Morgan fingerprint density at radius 3 is 2.50 bits per heavy atom. The Morgan fingerprint density at radius 1 is 1.12 bits per heavy atom. The van der Waals surface area contributed by atoms with Crippen molar-refractivity contribution < 1.29 is 12.8 Å². The van der Waals surface area contributed by atoms with Gasteiger partial charge < -0.3 is 4.90 Å². The molecule has 0 spiro atoms. The van der Waals surface area contributed by atoms with E-state index in [1.54, 1.807) is 12.1 Å². The molecule has 0 aliphatic carbocycles. The van der Waals surface area contributed by atoms with E-state index in [4.69, 9.17) is 0 Å². The van der Waals surface area contributed by atoms with Crippen LogP contribution in [0.15, 0.2) is 47.9 Å². The highest BCUT2D eigenvalue weighted by molar-refractivity contribution is 7.95. The number of sulfonamides is 1. The van der Waals surface area contributed by atoms with E-state index in [1.807, 2.05) is 37.2 Å². The van der Waals surface area contributed by atoms with E-state index in [2.05, 4.69) is 0 Å². The quantitative estimate of drug-likeness (QED) is 0.853. The van der Waals surface area contributed by atoms with Gasteiger partial charge in [-0.1, -0.05) is 12.1 Å². The van der Waals surface area contributed by atoms with Crippen molar-refractivity contribution in [2.24, 2.45) is 0 Å². The minimum atomic E-state index is -3.57. The van der Waals surface area contributed by atoms with Gasteiger partial charge in [-0.15, -0.1) is 0 Å². The maximum atomic E-state index is 12.9. The maximum Gasteiger partial charge on any atom is 0.257 e. The second kappa shape index (κ2) is 6.28.